The van der Waals surface area contributed by atoms with E-state index in [0.717, 1.165) is 29.8 Å². The molecule has 0 bridgehead atoms. The number of H-pyrrole nitrogens is 1. The molecular formula is C13H18N4. The molecule has 17 heavy (non-hydrogen) atoms. The molecule has 4 heteroatoms. The van der Waals surface area contributed by atoms with Crippen LogP contribution in [-0.2, 0) is 13.0 Å². The number of rotatable bonds is 0. The molecule has 1 N–H and O–H groups in total. The van der Waals surface area contributed by atoms with E-state index in [-0.39, 0.29) is 5.54 Å². The van der Waals surface area contributed by atoms with E-state index in [1.165, 1.54) is 11.3 Å². The van der Waals surface area contributed by atoms with Gasteiger partial charge >= 0.3 is 0 Å². The molecule has 3 heterocycles. The van der Waals surface area contributed by atoms with Gasteiger partial charge in [-0.15, -0.1) is 0 Å². The Labute approximate surface area is 101 Å². The van der Waals surface area contributed by atoms with Crippen LogP contribution in [0.5, 0.6) is 0 Å². The molecule has 2 aromatic heterocycles. The predicted octanol–water partition coefficient (Wildman–Crippen LogP) is 2.03. The minimum Gasteiger partial charge on any atom is -0.355 e. The molecule has 2 aromatic rings. The Morgan fingerprint density at radius 2 is 2.18 bits per heavy atom. The summed E-state index contributed by atoms with van der Waals surface area (Å²) in [6, 6.07) is 0. The molecule has 0 fully saturated rings. The molecule has 0 atom stereocenters. The number of hydrogen-bond donors (Lipinski definition) is 1. The van der Waals surface area contributed by atoms with E-state index in [4.69, 9.17) is 0 Å². The van der Waals surface area contributed by atoms with Crippen molar-refractivity contribution in [2.75, 3.05) is 7.05 Å². The topological polar surface area (TPSA) is 44.8 Å². The lowest BCUT2D eigenvalue weighted by molar-refractivity contribution is 0.132. The lowest BCUT2D eigenvalue weighted by Crippen LogP contribution is -2.45. The Morgan fingerprint density at radius 3 is 2.94 bits per heavy atom. The van der Waals surface area contributed by atoms with Crippen LogP contribution in [0.3, 0.4) is 0 Å². The largest absolute Gasteiger partial charge is 0.355 e. The second kappa shape index (κ2) is 3.29. The van der Waals surface area contributed by atoms with Gasteiger partial charge in [-0.3, -0.25) is 4.90 Å². The summed E-state index contributed by atoms with van der Waals surface area (Å²) in [6.07, 6.45) is 2.93. The molecule has 1 aliphatic heterocycles. The van der Waals surface area contributed by atoms with Crippen molar-refractivity contribution >= 4 is 11.0 Å². The fourth-order valence-corrected chi connectivity index (χ4v) is 2.52. The number of aromatic nitrogens is 3. The van der Waals surface area contributed by atoms with E-state index < -0.39 is 0 Å². The zero-order valence-electron chi connectivity index (χ0n) is 10.8. The Balaban J connectivity index is 2.22. The predicted molar refractivity (Wildman–Crippen MR) is 67.9 cm³/mol. The van der Waals surface area contributed by atoms with Gasteiger partial charge in [0.2, 0.25) is 0 Å². The van der Waals surface area contributed by atoms with Gasteiger partial charge in [-0.05, 0) is 34.2 Å². The molecule has 4 nitrogen and oxygen atoms in total. The van der Waals surface area contributed by atoms with Gasteiger partial charge in [0.15, 0.2) is 0 Å². The van der Waals surface area contributed by atoms with Crippen LogP contribution in [0.15, 0.2) is 6.20 Å². The minimum atomic E-state index is 0.195. The van der Waals surface area contributed by atoms with Crippen molar-refractivity contribution < 1.29 is 0 Å². The third-order valence-electron chi connectivity index (χ3n) is 3.88. The quantitative estimate of drug-likeness (QED) is 0.753. The fourth-order valence-electron chi connectivity index (χ4n) is 2.52. The van der Waals surface area contributed by atoms with Crippen LogP contribution in [0.4, 0.5) is 0 Å². The van der Waals surface area contributed by atoms with Gasteiger partial charge in [0.05, 0.1) is 17.2 Å². The second-order valence-electron chi connectivity index (χ2n) is 5.61. The van der Waals surface area contributed by atoms with Crippen molar-refractivity contribution in [2.45, 2.75) is 39.3 Å². The average Bonchev–Trinajstić information content (AvgIpc) is 2.56. The van der Waals surface area contributed by atoms with E-state index in [1.54, 1.807) is 0 Å². The Morgan fingerprint density at radius 1 is 1.41 bits per heavy atom. The molecule has 0 amide bonds. The Hall–Kier alpha value is -1.42. The van der Waals surface area contributed by atoms with E-state index in [0.29, 0.717) is 0 Å². The van der Waals surface area contributed by atoms with Crippen LogP contribution < -0.4 is 0 Å². The smallest absolute Gasteiger partial charge is 0.126 e. The first-order valence-corrected chi connectivity index (χ1v) is 6.02. The van der Waals surface area contributed by atoms with Gasteiger partial charge in [-0.25, -0.2) is 9.97 Å². The standard InChI is InChI=1S/C13H18N4/c1-8-14-6-10-12(15-8)9-5-13(2,3)17(4)7-11(9)16-10/h6,16H,5,7H2,1-4H3. The van der Waals surface area contributed by atoms with Crippen molar-refractivity contribution in [1.29, 1.82) is 0 Å². The lowest BCUT2D eigenvalue weighted by Gasteiger charge is -2.39. The fraction of sp³-hybridized carbons (Fsp3) is 0.538. The first-order chi connectivity index (χ1) is 7.97. The Bertz CT molecular complexity index is 582. The molecule has 90 valence electrons. The molecule has 0 unspecified atom stereocenters. The van der Waals surface area contributed by atoms with Gasteiger partial charge in [0.25, 0.3) is 0 Å². The van der Waals surface area contributed by atoms with Crippen LogP contribution >= 0.6 is 0 Å². The summed E-state index contributed by atoms with van der Waals surface area (Å²) in [5, 5.41) is 0. The maximum Gasteiger partial charge on any atom is 0.126 e. The average molecular weight is 230 g/mol. The maximum absolute atomic E-state index is 4.58. The highest BCUT2D eigenvalue weighted by Crippen LogP contribution is 2.33. The highest BCUT2D eigenvalue weighted by atomic mass is 15.2. The van der Waals surface area contributed by atoms with Crippen molar-refractivity contribution in [3.8, 4) is 0 Å². The second-order valence-corrected chi connectivity index (χ2v) is 5.61. The highest BCUT2D eigenvalue weighted by Gasteiger charge is 2.32. The molecule has 3 rings (SSSR count). The van der Waals surface area contributed by atoms with Gasteiger partial charge in [0.1, 0.15) is 5.82 Å². The molecule has 0 spiro atoms. The van der Waals surface area contributed by atoms with Gasteiger partial charge in [-0.1, -0.05) is 0 Å². The van der Waals surface area contributed by atoms with E-state index in [1.807, 2.05) is 13.1 Å². The number of likely N-dealkylation sites (N-methyl/N-ethyl adjacent to an activating group) is 1. The van der Waals surface area contributed by atoms with Gasteiger partial charge in [0, 0.05) is 23.3 Å². The van der Waals surface area contributed by atoms with E-state index in [9.17, 15) is 0 Å². The minimum absolute atomic E-state index is 0.195. The molecule has 0 aliphatic carbocycles. The lowest BCUT2D eigenvalue weighted by atomic mass is 9.89. The summed E-state index contributed by atoms with van der Waals surface area (Å²) in [4.78, 5) is 14.7. The third kappa shape index (κ3) is 1.55. The number of aryl methyl sites for hydroxylation is 1. The summed E-state index contributed by atoms with van der Waals surface area (Å²) < 4.78 is 0. The number of hydrogen-bond acceptors (Lipinski definition) is 3. The van der Waals surface area contributed by atoms with Crippen LogP contribution in [0.1, 0.15) is 30.9 Å². The van der Waals surface area contributed by atoms with Crippen LogP contribution in [-0.4, -0.2) is 32.4 Å². The zero-order valence-corrected chi connectivity index (χ0v) is 10.8. The zero-order chi connectivity index (χ0) is 12.2. The summed E-state index contributed by atoms with van der Waals surface area (Å²) in [5.74, 6) is 0.844. The Kier molecular flexibility index (Phi) is 2.08. The van der Waals surface area contributed by atoms with Crippen LogP contribution in [0, 0.1) is 6.92 Å². The van der Waals surface area contributed by atoms with E-state index in [2.05, 4.69) is 40.7 Å². The summed E-state index contributed by atoms with van der Waals surface area (Å²) in [6.45, 7) is 7.46. The summed E-state index contributed by atoms with van der Waals surface area (Å²) in [7, 11) is 2.17. The van der Waals surface area contributed by atoms with Crippen LogP contribution in [0.25, 0.3) is 11.0 Å². The first-order valence-electron chi connectivity index (χ1n) is 6.02. The van der Waals surface area contributed by atoms with Crippen molar-refractivity contribution in [2.24, 2.45) is 0 Å². The van der Waals surface area contributed by atoms with Crippen LogP contribution in [0.2, 0.25) is 0 Å². The molecule has 0 saturated heterocycles. The normalized spacial score (nSPS) is 19.5. The molecule has 0 radical (unpaired) electrons. The van der Waals surface area contributed by atoms with Gasteiger partial charge in [-0.2, -0.15) is 0 Å². The van der Waals surface area contributed by atoms with Gasteiger partial charge < -0.3 is 4.98 Å². The maximum atomic E-state index is 4.58. The van der Waals surface area contributed by atoms with Crippen molar-refractivity contribution in [3.05, 3.63) is 23.3 Å². The van der Waals surface area contributed by atoms with Crippen molar-refractivity contribution in [3.63, 3.8) is 0 Å². The first kappa shape index (κ1) is 10.7. The molecular weight excluding hydrogens is 212 g/mol. The molecule has 1 aliphatic rings. The molecule has 0 aromatic carbocycles. The van der Waals surface area contributed by atoms with Crippen molar-refractivity contribution in [1.82, 2.24) is 19.9 Å². The number of fused-ring (bicyclic) bond motifs is 3. The summed E-state index contributed by atoms with van der Waals surface area (Å²) in [5.41, 5.74) is 5.02. The number of aromatic amines is 1. The monoisotopic (exact) mass is 230 g/mol. The van der Waals surface area contributed by atoms with E-state index >= 15 is 0 Å². The number of nitrogens with zero attached hydrogens (tertiary/aromatic N) is 3. The molecule has 0 saturated carbocycles. The highest BCUT2D eigenvalue weighted by molar-refractivity contribution is 5.80. The third-order valence-corrected chi connectivity index (χ3v) is 3.88. The summed E-state index contributed by atoms with van der Waals surface area (Å²) >= 11 is 0. The number of nitrogens with one attached hydrogen (secondary N) is 1. The SMILES string of the molecule is Cc1ncc2[nH]c3c(c2n1)CC(C)(C)N(C)C3.